The third-order valence-electron chi connectivity index (χ3n) is 2.66. The molecule has 3 nitrogen and oxygen atoms in total. The van der Waals surface area contributed by atoms with Gasteiger partial charge in [0, 0.05) is 23.3 Å². The SMILES string of the molecule is CCn1cc(C(=O)c2cc(Cl)ccc2C)cn1. The zero-order valence-corrected chi connectivity index (χ0v) is 10.5. The molecule has 0 saturated carbocycles. The van der Waals surface area contributed by atoms with Crippen molar-refractivity contribution in [1.29, 1.82) is 0 Å². The van der Waals surface area contributed by atoms with Crippen LogP contribution in [0.1, 0.15) is 28.4 Å². The molecule has 0 amide bonds. The highest BCUT2D eigenvalue weighted by Crippen LogP contribution is 2.18. The van der Waals surface area contributed by atoms with E-state index >= 15 is 0 Å². The van der Waals surface area contributed by atoms with Gasteiger partial charge >= 0.3 is 0 Å². The molecule has 1 aromatic heterocycles. The van der Waals surface area contributed by atoms with E-state index in [0.717, 1.165) is 12.1 Å². The summed E-state index contributed by atoms with van der Waals surface area (Å²) in [6.45, 7) is 4.63. The Morgan fingerprint density at radius 3 is 2.88 bits per heavy atom. The number of hydrogen-bond acceptors (Lipinski definition) is 2. The molecule has 0 aliphatic carbocycles. The molecule has 0 fully saturated rings. The van der Waals surface area contributed by atoms with Gasteiger partial charge < -0.3 is 0 Å². The number of aromatic nitrogens is 2. The highest BCUT2D eigenvalue weighted by molar-refractivity contribution is 6.31. The molecule has 2 aromatic rings. The Balaban J connectivity index is 2.39. The minimum atomic E-state index is -0.0373. The van der Waals surface area contributed by atoms with Crippen molar-refractivity contribution in [2.45, 2.75) is 20.4 Å². The van der Waals surface area contributed by atoms with Crippen LogP contribution in [-0.4, -0.2) is 15.6 Å². The van der Waals surface area contributed by atoms with Gasteiger partial charge in [-0.25, -0.2) is 0 Å². The first-order chi connectivity index (χ1) is 8.11. The third-order valence-corrected chi connectivity index (χ3v) is 2.90. The van der Waals surface area contributed by atoms with Crippen molar-refractivity contribution >= 4 is 17.4 Å². The summed E-state index contributed by atoms with van der Waals surface area (Å²) in [5, 5.41) is 4.67. The Bertz CT molecular complexity index is 560. The Labute approximate surface area is 105 Å². The maximum Gasteiger partial charge on any atom is 0.196 e. The summed E-state index contributed by atoms with van der Waals surface area (Å²) in [7, 11) is 0. The van der Waals surface area contributed by atoms with Gasteiger partial charge in [-0.2, -0.15) is 5.10 Å². The van der Waals surface area contributed by atoms with E-state index < -0.39 is 0 Å². The lowest BCUT2D eigenvalue weighted by atomic mass is 10.0. The van der Waals surface area contributed by atoms with Gasteiger partial charge in [-0.1, -0.05) is 17.7 Å². The zero-order chi connectivity index (χ0) is 12.4. The number of rotatable bonds is 3. The van der Waals surface area contributed by atoms with Crippen LogP contribution >= 0.6 is 11.6 Å². The largest absolute Gasteiger partial charge is 0.288 e. The fourth-order valence-electron chi connectivity index (χ4n) is 1.65. The Morgan fingerprint density at radius 2 is 2.24 bits per heavy atom. The molecule has 0 saturated heterocycles. The lowest BCUT2D eigenvalue weighted by molar-refractivity contribution is 0.103. The molecule has 0 aliphatic rings. The van der Waals surface area contributed by atoms with Gasteiger partial charge in [-0.15, -0.1) is 0 Å². The van der Waals surface area contributed by atoms with E-state index in [-0.39, 0.29) is 5.78 Å². The molecular weight excluding hydrogens is 236 g/mol. The summed E-state index contributed by atoms with van der Waals surface area (Å²) in [6, 6.07) is 5.32. The molecule has 0 aliphatic heterocycles. The van der Waals surface area contributed by atoms with Gasteiger partial charge in [0.1, 0.15) is 0 Å². The van der Waals surface area contributed by atoms with Crippen LogP contribution in [0.15, 0.2) is 30.6 Å². The molecule has 17 heavy (non-hydrogen) atoms. The summed E-state index contributed by atoms with van der Waals surface area (Å²) >= 11 is 5.91. The average Bonchev–Trinajstić information content (AvgIpc) is 2.80. The molecule has 1 aromatic carbocycles. The minimum absolute atomic E-state index is 0.0373. The van der Waals surface area contributed by atoms with Gasteiger partial charge in [0.15, 0.2) is 5.78 Å². The van der Waals surface area contributed by atoms with Gasteiger partial charge in [-0.3, -0.25) is 9.48 Å². The van der Waals surface area contributed by atoms with Crippen LogP contribution in [0.5, 0.6) is 0 Å². The monoisotopic (exact) mass is 248 g/mol. The number of benzene rings is 1. The van der Waals surface area contributed by atoms with Crippen molar-refractivity contribution in [3.63, 3.8) is 0 Å². The Morgan fingerprint density at radius 1 is 1.47 bits per heavy atom. The van der Waals surface area contributed by atoms with Crippen LogP contribution in [0.2, 0.25) is 5.02 Å². The molecule has 0 unspecified atom stereocenters. The second-order valence-electron chi connectivity index (χ2n) is 3.87. The molecule has 2 rings (SSSR count). The van der Waals surface area contributed by atoms with Crippen LogP contribution < -0.4 is 0 Å². The average molecular weight is 249 g/mol. The normalized spacial score (nSPS) is 10.5. The molecule has 1 heterocycles. The van der Waals surface area contributed by atoms with Crippen LogP contribution in [-0.2, 0) is 6.54 Å². The number of carbonyl (C=O) groups excluding carboxylic acids is 1. The highest BCUT2D eigenvalue weighted by Gasteiger charge is 2.13. The van der Waals surface area contributed by atoms with E-state index in [9.17, 15) is 4.79 Å². The maximum absolute atomic E-state index is 12.2. The van der Waals surface area contributed by atoms with Gasteiger partial charge in [-0.05, 0) is 31.5 Å². The first-order valence-electron chi connectivity index (χ1n) is 5.45. The predicted octanol–water partition coefficient (Wildman–Crippen LogP) is 3.10. The zero-order valence-electron chi connectivity index (χ0n) is 9.77. The quantitative estimate of drug-likeness (QED) is 0.783. The molecule has 0 atom stereocenters. The lowest BCUT2D eigenvalue weighted by Crippen LogP contribution is -2.02. The van der Waals surface area contributed by atoms with Crippen molar-refractivity contribution < 1.29 is 4.79 Å². The summed E-state index contributed by atoms with van der Waals surface area (Å²) in [5.41, 5.74) is 2.15. The van der Waals surface area contributed by atoms with E-state index in [1.165, 1.54) is 0 Å². The summed E-state index contributed by atoms with van der Waals surface area (Å²) < 4.78 is 1.73. The number of nitrogens with zero attached hydrogens (tertiary/aromatic N) is 2. The van der Waals surface area contributed by atoms with Gasteiger partial charge in [0.2, 0.25) is 0 Å². The van der Waals surface area contributed by atoms with E-state index in [4.69, 9.17) is 11.6 Å². The third kappa shape index (κ3) is 2.39. The van der Waals surface area contributed by atoms with Gasteiger partial charge in [0.25, 0.3) is 0 Å². The van der Waals surface area contributed by atoms with Crippen LogP contribution in [0, 0.1) is 6.92 Å². The van der Waals surface area contributed by atoms with E-state index in [1.807, 2.05) is 19.9 Å². The molecule has 88 valence electrons. The van der Waals surface area contributed by atoms with E-state index in [0.29, 0.717) is 16.1 Å². The minimum Gasteiger partial charge on any atom is -0.288 e. The molecule has 0 bridgehead atoms. The molecule has 4 heteroatoms. The standard InChI is InChI=1S/C13H13ClN2O/c1-3-16-8-10(7-15-16)13(17)12-6-11(14)5-4-9(12)2/h4-8H,3H2,1-2H3. The summed E-state index contributed by atoms with van der Waals surface area (Å²) in [5.74, 6) is -0.0373. The molecular formula is C13H13ClN2O. The van der Waals surface area contributed by atoms with Crippen LogP contribution in [0.3, 0.4) is 0 Å². The first-order valence-corrected chi connectivity index (χ1v) is 5.83. The number of carbonyl (C=O) groups is 1. The summed E-state index contributed by atoms with van der Waals surface area (Å²) in [4.78, 5) is 12.2. The van der Waals surface area contributed by atoms with Crippen LogP contribution in [0.4, 0.5) is 0 Å². The van der Waals surface area contributed by atoms with Crippen LogP contribution in [0.25, 0.3) is 0 Å². The molecule has 0 spiro atoms. The van der Waals surface area contributed by atoms with Crippen molar-refractivity contribution in [1.82, 2.24) is 9.78 Å². The predicted molar refractivity (Wildman–Crippen MR) is 67.5 cm³/mol. The lowest BCUT2D eigenvalue weighted by Gasteiger charge is -2.03. The van der Waals surface area contributed by atoms with Crippen molar-refractivity contribution in [3.05, 3.63) is 52.3 Å². The number of aryl methyl sites for hydroxylation is 2. The molecule has 0 N–H and O–H groups in total. The maximum atomic E-state index is 12.2. The second-order valence-corrected chi connectivity index (χ2v) is 4.31. The Hall–Kier alpha value is -1.61. The molecule has 0 radical (unpaired) electrons. The smallest absolute Gasteiger partial charge is 0.196 e. The van der Waals surface area contributed by atoms with Gasteiger partial charge in [0.05, 0.1) is 11.8 Å². The first kappa shape index (κ1) is 11.9. The van der Waals surface area contributed by atoms with Crippen molar-refractivity contribution in [2.24, 2.45) is 0 Å². The van der Waals surface area contributed by atoms with Crippen molar-refractivity contribution in [2.75, 3.05) is 0 Å². The van der Waals surface area contributed by atoms with Crippen molar-refractivity contribution in [3.8, 4) is 0 Å². The Kier molecular flexibility index (Phi) is 3.29. The summed E-state index contributed by atoms with van der Waals surface area (Å²) in [6.07, 6.45) is 3.34. The fraction of sp³-hybridized carbons (Fsp3) is 0.231. The highest BCUT2D eigenvalue weighted by atomic mass is 35.5. The van der Waals surface area contributed by atoms with E-state index in [1.54, 1.807) is 29.2 Å². The number of hydrogen-bond donors (Lipinski definition) is 0. The number of halogens is 1. The topological polar surface area (TPSA) is 34.9 Å². The fourth-order valence-corrected chi connectivity index (χ4v) is 1.82. The second kappa shape index (κ2) is 4.72. The number of ketones is 1. The van der Waals surface area contributed by atoms with E-state index in [2.05, 4.69) is 5.10 Å².